The van der Waals surface area contributed by atoms with Gasteiger partial charge in [0.25, 0.3) is 11.8 Å². The number of hydrogen-bond acceptors (Lipinski definition) is 4. The standard InChI is InChI=1S/C16H12Cl2N2O4/c17-10-2-3-11(12(18)8-10)16(22)20-19-15(21)9-1-4-13-14(7-9)24-6-5-23-13/h1-4,7-8H,5-6H2,(H,19,21)(H,20,22). The van der Waals surface area contributed by atoms with Gasteiger partial charge < -0.3 is 9.47 Å². The van der Waals surface area contributed by atoms with E-state index in [1.807, 2.05) is 0 Å². The lowest BCUT2D eigenvalue weighted by atomic mass is 10.2. The average Bonchev–Trinajstić information content (AvgIpc) is 2.59. The van der Waals surface area contributed by atoms with E-state index in [9.17, 15) is 9.59 Å². The molecule has 2 aromatic carbocycles. The van der Waals surface area contributed by atoms with Crippen LogP contribution in [-0.4, -0.2) is 25.0 Å². The van der Waals surface area contributed by atoms with Crippen LogP contribution in [0.4, 0.5) is 0 Å². The predicted molar refractivity (Wildman–Crippen MR) is 88.8 cm³/mol. The molecule has 0 fully saturated rings. The number of hydrogen-bond donors (Lipinski definition) is 2. The molecule has 1 heterocycles. The molecule has 0 aliphatic carbocycles. The Kier molecular flexibility index (Phi) is 4.78. The lowest BCUT2D eigenvalue weighted by molar-refractivity contribution is 0.0846. The van der Waals surface area contributed by atoms with Gasteiger partial charge in [-0.15, -0.1) is 0 Å². The maximum Gasteiger partial charge on any atom is 0.271 e. The van der Waals surface area contributed by atoms with Crippen molar-refractivity contribution < 1.29 is 19.1 Å². The topological polar surface area (TPSA) is 76.7 Å². The van der Waals surface area contributed by atoms with Gasteiger partial charge in [-0.25, -0.2) is 0 Å². The van der Waals surface area contributed by atoms with Crippen LogP contribution in [0, 0.1) is 0 Å². The molecule has 0 radical (unpaired) electrons. The molecule has 124 valence electrons. The first kappa shape index (κ1) is 16.4. The largest absolute Gasteiger partial charge is 0.486 e. The molecule has 3 rings (SSSR count). The molecule has 2 N–H and O–H groups in total. The number of carbonyl (C=O) groups excluding carboxylic acids is 2. The summed E-state index contributed by atoms with van der Waals surface area (Å²) in [5.41, 5.74) is 5.14. The van der Waals surface area contributed by atoms with Gasteiger partial charge in [-0.2, -0.15) is 0 Å². The van der Waals surface area contributed by atoms with Crippen LogP contribution >= 0.6 is 23.2 Å². The van der Waals surface area contributed by atoms with Crippen LogP contribution in [0.15, 0.2) is 36.4 Å². The Balaban J connectivity index is 1.66. The first-order chi connectivity index (χ1) is 11.5. The number of benzene rings is 2. The fourth-order valence-electron chi connectivity index (χ4n) is 2.11. The van der Waals surface area contributed by atoms with Gasteiger partial charge in [0.2, 0.25) is 0 Å². The van der Waals surface area contributed by atoms with E-state index in [1.165, 1.54) is 18.2 Å². The number of rotatable bonds is 2. The highest BCUT2D eigenvalue weighted by Crippen LogP contribution is 2.30. The van der Waals surface area contributed by atoms with Crippen LogP contribution in [0.25, 0.3) is 0 Å². The third-order valence-corrected chi connectivity index (χ3v) is 3.82. The Hall–Kier alpha value is -2.44. The number of nitrogens with one attached hydrogen (secondary N) is 2. The summed E-state index contributed by atoms with van der Waals surface area (Å²) < 4.78 is 10.8. The molecule has 2 aromatic rings. The summed E-state index contributed by atoms with van der Waals surface area (Å²) >= 11 is 11.7. The first-order valence-electron chi connectivity index (χ1n) is 7.00. The highest BCUT2D eigenvalue weighted by Gasteiger charge is 2.16. The first-order valence-corrected chi connectivity index (χ1v) is 7.75. The molecule has 0 unspecified atom stereocenters. The minimum Gasteiger partial charge on any atom is -0.486 e. The Morgan fingerprint density at radius 3 is 2.33 bits per heavy atom. The molecule has 0 aromatic heterocycles. The summed E-state index contributed by atoms with van der Waals surface area (Å²) in [5, 5.41) is 0.602. The van der Waals surface area contributed by atoms with Crippen LogP contribution in [0.1, 0.15) is 20.7 Å². The molecule has 0 spiro atoms. The van der Waals surface area contributed by atoms with Crippen molar-refractivity contribution in [3.8, 4) is 11.5 Å². The van der Waals surface area contributed by atoms with Crippen molar-refractivity contribution in [2.45, 2.75) is 0 Å². The van der Waals surface area contributed by atoms with Crippen molar-refractivity contribution >= 4 is 35.0 Å². The van der Waals surface area contributed by atoms with E-state index in [0.29, 0.717) is 35.3 Å². The zero-order valence-corrected chi connectivity index (χ0v) is 13.8. The lowest BCUT2D eigenvalue weighted by Gasteiger charge is -2.18. The summed E-state index contributed by atoms with van der Waals surface area (Å²) in [7, 11) is 0. The molecule has 6 nitrogen and oxygen atoms in total. The second-order valence-corrected chi connectivity index (χ2v) is 5.73. The third-order valence-electron chi connectivity index (χ3n) is 3.27. The molecule has 0 saturated heterocycles. The molecule has 0 bridgehead atoms. The van der Waals surface area contributed by atoms with Crippen LogP contribution in [-0.2, 0) is 0 Å². The predicted octanol–water partition coefficient (Wildman–Crippen LogP) is 2.84. The zero-order chi connectivity index (χ0) is 17.1. The Bertz CT molecular complexity index is 811. The normalized spacial score (nSPS) is 12.4. The highest BCUT2D eigenvalue weighted by molar-refractivity contribution is 6.36. The number of halogens is 2. The van der Waals surface area contributed by atoms with Crippen molar-refractivity contribution in [3.63, 3.8) is 0 Å². The van der Waals surface area contributed by atoms with E-state index >= 15 is 0 Å². The molecule has 24 heavy (non-hydrogen) atoms. The van der Waals surface area contributed by atoms with Gasteiger partial charge in [-0.05, 0) is 36.4 Å². The van der Waals surface area contributed by atoms with E-state index in [0.717, 1.165) is 0 Å². The van der Waals surface area contributed by atoms with Crippen molar-refractivity contribution in [2.75, 3.05) is 13.2 Å². The van der Waals surface area contributed by atoms with E-state index in [1.54, 1.807) is 18.2 Å². The van der Waals surface area contributed by atoms with Gasteiger partial charge in [-0.3, -0.25) is 20.4 Å². The number of amides is 2. The summed E-state index contributed by atoms with van der Waals surface area (Å²) in [6.07, 6.45) is 0. The van der Waals surface area contributed by atoms with E-state index in [-0.39, 0.29) is 10.6 Å². The van der Waals surface area contributed by atoms with Gasteiger partial charge >= 0.3 is 0 Å². The van der Waals surface area contributed by atoms with Crippen molar-refractivity contribution in [3.05, 3.63) is 57.6 Å². The van der Waals surface area contributed by atoms with Crippen molar-refractivity contribution in [1.82, 2.24) is 10.9 Å². The fraction of sp³-hybridized carbons (Fsp3) is 0.125. The monoisotopic (exact) mass is 366 g/mol. The molecular formula is C16H12Cl2N2O4. The summed E-state index contributed by atoms with van der Waals surface area (Å²) in [6.45, 7) is 0.889. The number of fused-ring (bicyclic) bond motifs is 1. The van der Waals surface area contributed by atoms with Gasteiger partial charge in [0.05, 0.1) is 10.6 Å². The second-order valence-electron chi connectivity index (χ2n) is 4.89. The summed E-state index contributed by atoms with van der Waals surface area (Å²) in [6, 6.07) is 9.21. The minimum atomic E-state index is -0.553. The van der Waals surface area contributed by atoms with Crippen LogP contribution in [0.2, 0.25) is 10.0 Å². The van der Waals surface area contributed by atoms with E-state index in [2.05, 4.69) is 10.9 Å². The van der Waals surface area contributed by atoms with Crippen molar-refractivity contribution in [2.24, 2.45) is 0 Å². The van der Waals surface area contributed by atoms with Crippen LogP contribution < -0.4 is 20.3 Å². The zero-order valence-electron chi connectivity index (χ0n) is 12.3. The van der Waals surface area contributed by atoms with Gasteiger partial charge in [0, 0.05) is 10.6 Å². The lowest BCUT2D eigenvalue weighted by Crippen LogP contribution is -2.41. The molecule has 2 amide bonds. The van der Waals surface area contributed by atoms with Gasteiger partial charge in [0.15, 0.2) is 11.5 Å². The van der Waals surface area contributed by atoms with Crippen LogP contribution in [0.5, 0.6) is 11.5 Å². The summed E-state index contributed by atoms with van der Waals surface area (Å²) in [4.78, 5) is 24.2. The van der Waals surface area contributed by atoms with E-state index < -0.39 is 11.8 Å². The molecule has 8 heteroatoms. The average molecular weight is 367 g/mol. The molecule has 0 atom stereocenters. The van der Waals surface area contributed by atoms with Crippen molar-refractivity contribution in [1.29, 1.82) is 0 Å². The maximum absolute atomic E-state index is 12.1. The maximum atomic E-state index is 12.1. The summed E-state index contributed by atoms with van der Waals surface area (Å²) in [5.74, 6) is 0.0173. The van der Waals surface area contributed by atoms with E-state index in [4.69, 9.17) is 32.7 Å². The minimum absolute atomic E-state index is 0.188. The number of hydrazine groups is 1. The quantitative estimate of drug-likeness (QED) is 0.801. The molecule has 1 aliphatic heterocycles. The molecular weight excluding hydrogens is 355 g/mol. The SMILES string of the molecule is O=C(NNC(=O)c1ccc(Cl)cc1Cl)c1ccc2c(c1)OCCO2. The van der Waals surface area contributed by atoms with Crippen LogP contribution in [0.3, 0.4) is 0 Å². The molecule has 1 aliphatic rings. The Labute approximate surface area is 147 Å². The Morgan fingerprint density at radius 1 is 0.875 bits per heavy atom. The third kappa shape index (κ3) is 3.55. The van der Waals surface area contributed by atoms with Gasteiger partial charge in [0.1, 0.15) is 13.2 Å². The fourth-order valence-corrected chi connectivity index (χ4v) is 2.61. The number of carbonyl (C=O) groups is 2. The Morgan fingerprint density at radius 2 is 1.58 bits per heavy atom. The number of ether oxygens (including phenoxy) is 2. The molecule has 0 saturated carbocycles. The smallest absolute Gasteiger partial charge is 0.271 e. The highest BCUT2D eigenvalue weighted by atomic mass is 35.5. The second kappa shape index (κ2) is 6.98. The van der Waals surface area contributed by atoms with Gasteiger partial charge in [-0.1, -0.05) is 23.2 Å².